The van der Waals surface area contributed by atoms with Gasteiger partial charge in [0, 0.05) is 12.6 Å². The highest BCUT2D eigenvalue weighted by atomic mass is 16.6. The van der Waals surface area contributed by atoms with Gasteiger partial charge in [0.05, 0.1) is 6.07 Å². The molecule has 0 spiro atoms. The average Bonchev–Trinajstić information content (AvgIpc) is 2.73. The van der Waals surface area contributed by atoms with E-state index in [-0.39, 0.29) is 23.8 Å². The van der Waals surface area contributed by atoms with Crippen LogP contribution in [0.2, 0.25) is 0 Å². The molecule has 0 aliphatic carbocycles. The lowest BCUT2D eigenvalue weighted by atomic mass is 9.87. The van der Waals surface area contributed by atoms with Crippen LogP contribution in [0.3, 0.4) is 0 Å². The smallest absolute Gasteiger partial charge is 0.395 e. The normalized spacial score (nSPS) is 13.1. The molecule has 1 heterocycles. The van der Waals surface area contributed by atoms with E-state index in [2.05, 4.69) is 5.32 Å². The first-order valence-corrected chi connectivity index (χ1v) is 5.51. The maximum absolute atomic E-state index is 11.8. The van der Waals surface area contributed by atoms with E-state index in [1.807, 2.05) is 20.8 Å². The summed E-state index contributed by atoms with van der Waals surface area (Å²) in [6, 6.07) is 2.17. The van der Waals surface area contributed by atoms with E-state index in [1.165, 1.54) is 6.07 Å². The van der Waals surface area contributed by atoms with Crippen LogP contribution in [0.4, 0.5) is 5.88 Å². The standard InChI is InChI=1S/C11H17N3O4/c1-11(2,3)8(6-12)13-10(15)7-4-5-9(18-7)14(16)17/h4-5,8H,6,12H2,1-3H3,(H,13,15). The van der Waals surface area contributed by atoms with Gasteiger partial charge < -0.3 is 15.5 Å². The van der Waals surface area contributed by atoms with E-state index in [9.17, 15) is 14.9 Å². The molecule has 100 valence electrons. The second kappa shape index (κ2) is 5.18. The van der Waals surface area contributed by atoms with Crippen LogP contribution in [0.5, 0.6) is 0 Å². The number of hydrogen-bond acceptors (Lipinski definition) is 5. The third-order valence-corrected chi connectivity index (χ3v) is 2.58. The number of nitro groups is 1. The van der Waals surface area contributed by atoms with Crippen molar-refractivity contribution in [1.29, 1.82) is 0 Å². The van der Waals surface area contributed by atoms with Crippen molar-refractivity contribution in [2.45, 2.75) is 26.8 Å². The maximum Gasteiger partial charge on any atom is 0.433 e. The van der Waals surface area contributed by atoms with Crippen LogP contribution in [-0.2, 0) is 0 Å². The Balaban J connectivity index is 2.78. The summed E-state index contributed by atoms with van der Waals surface area (Å²) >= 11 is 0. The molecule has 1 atom stereocenters. The van der Waals surface area contributed by atoms with Crippen molar-refractivity contribution >= 4 is 11.8 Å². The first-order valence-electron chi connectivity index (χ1n) is 5.51. The molecule has 0 bridgehead atoms. The molecule has 7 heteroatoms. The molecule has 1 amide bonds. The lowest BCUT2D eigenvalue weighted by Gasteiger charge is -2.29. The van der Waals surface area contributed by atoms with Gasteiger partial charge in [-0.1, -0.05) is 20.8 Å². The Morgan fingerprint density at radius 1 is 1.56 bits per heavy atom. The van der Waals surface area contributed by atoms with Crippen molar-refractivity contribution in [2.75, 3.05) is 6.54 Å². The number of carbonyl (C=O) groups excluding carboxylic acids is 1. The van der Waals surface area contributed by atoms with Crippen LogP contribution in [0, 0.1) is 15.5 Å². The summed E-state index contributed by atoms with van der Waals surface area (Å²) < 4.78 is 4.81. The molecular formula is C11H17N3O4. The molecule has 7 nitrogen and oxygen atoms in total. The fourth-order valence-corrected chi connectivity index (χ4v) is 1.41. The lowest BCUT2D eigenvalue weighted by molar-refractivity contribution is -0.402. The molecule has 0 aliphatic heterocycles. The molecule has 1 unspecified atom stereocenters. The summed E-state index contributed by atoms with van der Waals surface area (Å²) in [6.07, 6.45) is 0. The molecule has 18 heavy (non-hydrogen) atoms. The number of rotatable bonds is 4. The van der Waals surface area contributed by atoms with E-state index < -0.39 is 16.7 Å². The van der Waals surface area contributed by atoms with Gasteiger partial charge in [0.1, 0.15) is 4.92 Å². The summed E-state index contributed by atoms with van der Waals surface area (Å²) in [4.78, 5) is 21.6. The highest BCUT2D eigenvalue weighted by Gasteiger charge is 2.27. The minimum absolute atomic E-state index is 0.0931. The van der Waals surface area contributed by atoms with Crippen LogP contribution >= 0.6 is 0 Å². The first kappa shape index (κ1) is 14.2. The summed E-state index contributed by atoms with van der Waals surface area (Å²) in [6.45, 7) is 6.10. The molecule has 0 fully saturated rings. The van der Waals surface area contributed by atoms with Crippen molar-refractivity contribution < 1.29 is 14.1 Å². The summed E-state index contributed by atoms with van der Waals surface area (Å²) in [5.74, 6) is -1.06. The Morgan fingerprint density at radius 2 is 2.17 bits per heavy atom. The molecule has 1 rings (SSSR count). The van der Waals surface area contributed by atoms with E-state index in [1.54, 1.807) is 0 Å². The van der Waals surface area contributed by atoms with Gasteiger partial charge in [-0.05, 0) is 11.5 Å². The zero-order chi connectivity index (χ0) is 13.9. The van der Waals surface area contributed by atoms with Crippen LogP contribution in [-0.4, -0.2) is 23.4 Å². The minimum atomic E-state index is -0.693. The first-order chi connectivity index (χ1) is 8.25. The number of hydrogen-bond donors (Lipinski definition) is 2. The van der Waals surface area contributed by atoms with Gasteiger partial charge >= 0.3 is 5.88 Å². The summed E-state index contributed by atoms with van der Waals surface area (Å²) in [5, 5.41) is 13.1. The van der Waals surface area contributed by atoms with Crippen molar-refractivity contribution in [3.63, 3.8) is 0 Å². The van der Waals surface area contributed by atoms with Crippen molar-refractivity contribution in [2.24, 2.45) is 11.1 Å². The van der Waals surface area contributed by atoms with Crippen LogP contribution in [0.15, 0.2) is 16.5 Å². The SMILES string of the molecule is CC(C)(C)C(CN)NC(=O)c1ccc([N+](=O)[O-])o1. The van der Waals surface area contributed by atoms with Gasteiger partial charge in [-0.15, -0.1) is 0 Å². The number of nitrogens with zero attached hydrogens (tertiary/aromatic N) is 1. The van der Waals surface area contributed by atoms with Gasteiger partial charge in [0.25, 0.3) is 5.91 Å². The Kier molecular flexibility index (Phi) is 4.07. The summed E-state index contributed by atoms with van der Waals surface area (Å²) in [7, 11) is 0. The van der Waals surface area contributed by atoms with Crippen LogP contribution < -0.4 is 11.1 Å². The number of nitrogens with two attached hydrogens (primary N) is 1. The molecule has 1 aromatic rings. The third kappa shape index (κ3) is 3.30. The monoisotopic (exact) mass is 255 g/mol. The molecule has 3 N–H and O–H groups in total. The number of amides is 1. The zero-order valence-corrected chi connectivity index (χ0v) is 10.6. The van der Waals surface area contributed by atoms with Crippen molar-refractivity contribution in [1.82, 2.24) is 5.32 Å². The lowest BCUT2D eigenvalue weighted by Crippen LogP contribution is -2.48. The second-order valence-corrected chi connectivity index (χ2v) is 5.02. The fourth-order valence-electron chi connectivity index (χ4n) is 1.41. The highest BCUT2D eigenvalue weighted by molar-refractivity contribution is 5.92. The quantitative estimate of drug-likeness (QED) is 0.622. The van der Waals surface area contributed by atoms with E-state index >= 15 is 0 Å². The summed E-state index contributed by atoms with van der Waals surface area (Å²) in [5.41, 5.74) is 5.38. The van der Waals surface area contributed by atoms with Crippen LogP contribution in [0.1, 0.15) is 31.3 Å². The number of carbonyl (C=O) groups is 1. The van der Waals surface area contributed by atoms with Crippen molar-refractivity contribution in [3.8, 4) is 0 Å². The third-order valence-electron chi connectivity index (χ3n) is 2.58. The average molecular weight is 255 g/mol. The number of furan rings is 1. The Hall–Kier alpha value is -1.89. The number of nitrogens with one attached hydrogen (secondary N) is 1. The molecular weight excluding hydrogens is 238 g/mol. The topological polar surface area (TPSA) is 111 Å². The maximum atomic E-state index is 11.8. The zero-order valence-electron chi connectivity index (χ0n) is 10.6. The minimum Gasteiger partial charge on any atom is -0.395 e. The van der Waals surface area contributed by atoms with Gasteiger partial charge in [0.15, 0.2) is 5.76 Å². The Morgan fingerprint density at radius 3 is 2.56 bits per heavy atom. The largest absolute Gasteiger partial charge is 0.433 e. The Bertz CT molecular complexity index is 447. The van der Waals surface area contributed by atoms with Gasteiger partial charge in [-0.25, -0.2) is 0 Å². The molecule has 0 saturated heterocycles. The molecule has 0 saturated carbocycles. The second-order valence-electron chi connectivity index (χ2n) is 5.02. The van der Waals surface area contributed by atoms with Crippen molar-refractivity contribution in [3.05, 3.63) is 28.0 Å². The molecule has 1 aromatic heterocycles. The van der Waals surface area contributed by atoms with E-state index in [0.717, 1.165) is 6.07 Å². The molecule has 0 aliphatic rings. The van der Waals surface area contributed by atoms with Gasteiger partial charge in [-0.2, -0.15) is 0 Å². The van der Waals surface area contributed by atoms with Gasteiger partial charge in [-0.3, -0.25) is 14.9 Å². The Labute approximate surface area is 104 Å². The highest BCUT2D eigenvalue weighted by Crippen LogP contribution is 2.20. The predicted molar refractivity (Wildman–Crippen MR) is 65.1 cm³/mol. The van der Waals surface area contributed by atoms with Gasteiger partial charge in [0.2, 0.25) is 0 Å². The fraction of sp³-hybridized carbons (Fsp3) is 0.545. The molecule has 0 aromatic carbocycles. The van der Waals surface area contributed by atoms with E-state index in [0.29, 0.717) is 0 Å². The predicted octanol–water partition coefficient (Wildman–Crippen LogP) is 1.29. The molecule has 0 radical (unpaired) electrons. The van der Waals surface area contributed by atoms with Crippen LogP contribution in [0.25, 0.3) is 0 Å². The van der Waals surface area contributed by atoms with E-state index in [4.69, 9.17) is 10.2 Å².